The largest absolute Gasteiger partial charge is 0.496 e. The summed E-state index contributed by atoms with van der Waals surface area (Å²) in [6, 6.07) is 4.38. The van der Waals surface area contributed by atoms with Gasteiger partial charge in [-0.05, 0) is 43.9 Å². The number of nitrogens with zero attached hydrogens (tertiary/aromatic N) is 2. The summed E-state index contributed by atoms with van der Waals surface area (Å²) in [5.41, 5.74) is 0.576. The third kappa shape index (κ3) is 5.89. The Morgan fingerprint density at radius 2 is 1.65 bits per heavy atom. The van der Waals surface area contributed by atoms with Gasteiger partial charge in [-0.3, -0.25) is 4.79 Å². The van der Waals surface area contributed by atoms with Crippen molar-refractivity contribution in [1.29, 1.82) is 0 Å². The molecular weight excluding hydrogens is 400 g/mol. The summed E-state index contributed by atoms with van der Waals surface area (Å²) >= 11 is 0. The number of esters is 1. The zero-order chi connectivity index (χ0) is 23.6. The highest BCUT2D eigenvalue weighted by atomic mass is 16.6. The maximum Gasteiger partial charge on any atom is 0.410 e. The number of benzene rings is 1. The zero-order valence-electron chi connectivity index (χ0n) is 19.8. The summed E-state index contributed by atoms with van der Waals surface area (Å²) in [5.74, 6) is -0.293. The van der Waals surface area contributed by atoms with Crippen molar-refractivity contribution in [2.24, 2.45) is 0 Å². The molecule has 1 aromatic carbocycles. The highest BCUT2D eigenvalue weighted by Gasteiger charge is 2.39. The molecule has 2 amide bonds. The van der Waals surface area contributed by atoms with Crippen LogP contribution < -0.4 is 4.74 Å². The van der Waals surface area contributed by atoms with Crippen LogP contribution in [0.1, 0.15) is 57.5 Å². The Morgan fingerprint density at radius 1 is 1.00 bits per heavy atom. The quantitative estimate of drug-likeness (QED) is 0.679. The topological polar surface area (TPSA) is 85.4 Å². The molecule has 0 N–H and O–H groups in total. The number of ether oxygens (including phenoxy) is 3. The minimum atomic E-state index is -0.924. The molecule has 1 saturated heterocycles. The Hall–Kier alpha value is -2.77. The van der Waals surface area contributed by atoms with Crippen molar-refractivity contribution in [3.63, 3.8) is 0 Å². The summed E-state index contributed by atoms with van der Waals surface area (Å²) in [6.07, 6.45) is -0.523. The second-order valence-electron chi connectivity index (χ2n) is 9.63. The number of amides is 2. The van der Waals surface area contributed by atoms with Crippen LogP contribution >= 0.6 is 0 Å². The average Bonchev–Trinajstić information content (AvgIpc) is 2.69. The van der Waals surface area contributed by atoms with Gasteiger partial charge in [0.05, 0.1) is 20.8 Å². The normalized spacial score (nSPS) is 17.2. The van der Waals surface area contributed by atoms with Gasteiger partial charge in [0.2, 0.25) is 0 Å². The molecule has 1 aliphatic rings. The molecule has 1 aromatic rings. The molecular formula is C23H34N2O6. The molecule has 0 spiro atoms. The lowest BCUT2D eigenvalue weighted by Crippen LogP contribution is -2.60. The number of carbonyl (C=O) groups excluding carboxylic acids is 3. The highest BCUT2D eigenvalue weighted by molar-refractivity contribution is 5.97. The molecule has 172 valence electrons. The van der Waals surface area contributed by atoms with E-state index in [0.29, 0.717) is 11.3 Å². The average molecular weight is 435 g/mol. The Kier molecular flexibility index (Phi) is 7.24. The van der Waals surface area contributed by atoms with Crippen LogP contribution in [0.4, 0.5) is 4.79 Å². The first-order valence-electron chi connectivity index (χ1n) is 10.3. The monoisotopic (exact) mass is 434 g/mol. The maximum atomic E-state index is 13.3. The van der Waals surface area contributed by atoms with Gasteiger partial charge in [-0.2, -0.15) is 0 Å². The molecule has 2 rings (SSSR count). The van der Waals surface area contributed by atoms with E-state index in [4.69, 9.17) is 14.2 Å². The standard InChI is InChI=1S/C23H34N2O6/c1-22(2,3)16-10-9-15(13-18(16)29-7)19(26)25-12-11-24(14-17(25)20(27)30-8)21(28)31-23(4,5)6/h9-10,13,17H,11-12,14H2,1-8H3. The molecule has 0 bridgehead atoms. The summed E-state index contributed by atoms with van der Waals surface area (Å²) in [6.45, 7) is 12.0. The summed E-state index contributed by atoms with van der Waals surface area (Å²) in [4.78, 5) is 41.1. The van der Waals surface area contributed by atoms with E-state index < -0.39 is 23.7 Å². The van der Waals surface area contributed by atoms with Crippen molar-refractivity contribution in [3.8, 4) is 5.75 Å². The van der Waals surface area contributed by atoms with E-state index in [0.717, 1.165) is 5.56 Å². The van der Waals surface area contributed by atoms with Gasteiger partial charge < -0.3 is 24.0 Å². The molecule has 0 saturated carbocycles. The molecule has 0 radical (unpaired) electrons. The number of rotatable bonds is 3. The fraction of sp³-hybridized carbons (Fsp3) is 0.609. The van der Waals surface area contributed by atoms with Crippen LogP contribution in [0, 0.1) is 0 Å². The van der Waals surface area contributed by atoms with E-state index in [1.807, 2.05) is 6.07 Å². The van der Waals surface area contributed by atoms with E-state index in [1.54, 1.807) is 40.0 Å². The molecule has 1 atom stereocenters. The van der Waals surface area contributed by atoms with Gasteiger partial charge in [-0.15, -0.1) is 0 Å². The van der Waals surface area contributed by atoms with Crippen LogP contribution in [0.2, 0.25) is 0 Å². The maximum absolute atomic E-state index is 13.3. The fourth-order valence-electron chi connectivity index (χ4n) is 3.47. The van der Waals surface area contributed by atoms with Crippen LogP contribution in [0.3, 0.4) is 0 Å². The SMILES string of the molecule is COC(=O)C1CN(C(=O)OC(C)(C)C)CCN1C(=O)c1ccc(C(C)(C)C)c(OC)c1. The predicted molar refractivity (Wildman–Crippen MR) is 116 cm³/mol. The van der Waals surface area contributed by atoms with Gasteiger partial charge in [0.25, 0.3) is 5.91 Å². The third-order valence-electron chi connectivity index (χ3n) is 5.02. The number of piperazine rings is 1. The summed E-state index contributed by atoms with van der Waals surface area (Å²) in [5, 5.41) is 0. The smallest absolute Gasteiger partial charge is 0.410 e. The molecule has 8 heteroatoms. The van der Waals surface area contributed by atoms with Crippen molar-refractivity contribution in [3.05, 3.63) is 29.3 Å². The third-order valence-corrected chi connectivity index (χ3v) is 5.02. The lowest BCUT2D eigenvalue weighted by atomic mass is 9.85. The second-order valence-corrected chi connectivity index (χ2v) is 9.63. The van der Waals surface area contributed by atoms with Gasteiger partial charge in [-0.1, -0.05) is 26.8 Å². The molecule has 0 aliphatic carbocycles. The van der Waals surface area contributed by atoms with Crippen LogP contribution in [0.5, 0.6) is 5.75 Å². The molecule has 8 nitrogen and oxygen atoms in total. The Balaban J connectivity index is 2.29. The molecule has 1 unspecified atom stereocenters. The molecule has 1 aliphatic heterocycles. The van der Waals surface area contributed by atoms with Crippen LogP contribution in [0.15, 0.2) is 18.2 Å². The second kappa shape index (κ2) is 9.16. The highest BCUT2D eigenvalue weighted by Crippen LogP contribution is 2.32. The van der Waals surface area contributed by atoms with Crippen LogP contribution in [-0.4, -0.2) is 73.3 Å². The molecule has 1 heterocycles. The predicted octanol–water partition coefficient (Wildman–Crippen LogP) is 3.23. The van der Waals surface area contributed by atoms with E-state index in [9.17, 15) is 14.4 Å². The fourth-order valence-corrected chi connectivity index (χ4v) is 3.47. The van der Waals surface area contributed by atoms with Crippen molar-refractivity contribution >= 4 is 18.0 Å². The number of methoxy groups -OCH3 is 2. The van der Waals surface area contributed by atoms with E-state index >= 15 is 0 Å². The van der Waals surface area contributed by atoms with Crippen LogP contribution in [0.25, 0.3) is 0 Å². The zero-order valence-corrected chi connectivity index (χ0v) is 19.8. The van der Waals surface area contributed by atoms with Gasteiger partial charge in [0, 0.05) is 18.7 Å². The molecule has 1 fully saturated rings. The van der Waals surface area contributed by atoms with Gasteiger partial charge in [0.1, 0.15) is 17.4 Å². The van der Waals surface area contributed by atoms with Crippen molar-refractivity contribution in [2.75, 3.05) is 33.9 Å². The lowest BCUT2D eigenvalue weighted by molar-refractivity contribution is -0.147. The summed E-state index contributed by atoms with van der Waals surface area (Å²) < 4.78 is 15.8. The molecule has 31 heavy (non-hydrogen) atoms. The van der Waals surface area contributed by atoms with Gasteiger partial charge in [-0.25, -0.2) is 9.59 Å². The van der Waals surface area contributed by atoms with E-state index in [2.05, 4.69) is 20.8 Å². The minimum Gasteiger partial charge on any atom is -0.496 e. The van der Waals surface area contributed by atoms with Crippen molar-refractivity contribution in [1.82, 2.24) is 9.80 Å². The number of hydrogen-bond donors (Lipinski definition) is 0. The number of carbonyl (C=O) groups is 3. The molecule has 0 aromatic heterocycles. The van der Waals surface area contributed by atoms with Crippen LogP contribution in [-0.2, 0) is 19.7 Å². The van der Waals surface area contributed by atoms with Crippen molar-refractivity contribution in [2.45, 2.75) is 58.6 Å². The Labute approximate surface area is 184 Å². The Morgan fingerprint density at radius 3 is 2.16 bits per heavy atom. The Bertz CT molecular complexity index is 837. The van der Waals surface area contributed by atoms with Gasteiger partial charge in [0.15, 0.2) is 0 Å². The van der Waals surface area contributed by atoms with Gasteiger partial charge >= 0.3 is 12.1 Å². The first kappa shape index (κ1) is 24.5. The first-order valence-corrected chi connectivity index (χ1v) is 10.3. The minimum absolute atomic E-state index is 0.00450. The van der Waals surface area contributed by atoms with E-state index in [-0.39, 0.29) is 31.0 Å². The van der Waals surface area contributed by atoms with E-state index in [1.165, 1.54) is 16.9 Å². The first-order chi connectivity index (χ1) is 14.3. The number of hydrogen-bond acceptors (Lipinski definition) is 6. The summed E-state index contributed by atoms with van der Waals surface area (Å²) in [7, 11) is 2.83. The lowest BCUT2D eigenvalue weighted by Gasteiger charge is -2.40. The van der Waals surface area contributed by atoms with Crippen molar-refractivity contribution < 1.29 is 28.6 Å².